The van der Waals surface area contributed by atoms with Crippen molar-refractivity contribution in [1.82, 2.24) is 4.90 Å². The lowest BCUT2D eigenvalue weighted by Gasteiger charge is -2.31. The van der Waals surface area contributed by atoms with Crippen LogP contribution in [0.2, 0.25) is 0 Å². The van der Waals surface area contributed by atoms with Crippen LogP contribution in [0.15, 0.2) is 78.9 Å². The van der Waals surface area contributed by atoms with Crippen LogP contribution in [0.1, 0.15) is 25.3 Å². The molecule has 3 aromatic rings. The van der Waals surface area contributed by atoms with Crippen molar-refractivity contribution in [3.05, 3.63) is 84.4 Å². The first-order valence-corrected chi connectivity index (χ1v) is 10.3. The number of benzene rings is 3. The number of fused-ring (bicyclic) bond motifs is 1. The molecule has 4 rings (SSSR count). The summed E-state index contributed by atoms with van der Waals surface area (Å²) in [7, 11) is 0. The number of para-hydroxylation sites is 1. The number of hydrogen-bond donors (Lipinski definition) is 0. The maximum Gasteiger partial charge on any atom is 0.329 e. The quantitative estimate of drug-likeness (QED) is 0.488. The summed E-state index contributed by atoms with van der Waals surface area (Å²) in [4.78, 5) is 17.5. The van der Waals surface area contributed by atoms with Crippen LogP contribution in [0.4, 0.5) is 16.2 Å². The summed E-state index contributed by atoms with van der Waals surface area (Å²) in [6.07, 6.45) is 1.97. The van der Waals surface area contributed by atoms with E-state index in [1.54, 1.807) is 4.90 Å². The second-order valence-corrected chi connectivity index (χ2v) is 7.25. The summed E-state index contributed by atoms with van der Waals surface area (Å²) in [5, 5.41) is 0. The van der Waals surface area contributed by atoms with Crippen LogP contribution in [-0.4, -0.2) is 24.3 Å². The van der Waals surface area contributed by atoms with Gasteiger partial charge in [-0.3, -0.25) is 4.90 Å². The van der Waals surface area contributed by atoms with E-state index in [9.17, 15) is 4.79 Å². The van der Waals surface area contributed by atoms with Crippen LogP contribution in [0.5, 0.6) is 11.5 Å². The number of carbonyl (C=O) groups excluding carboxylic acids is 1. The Morgan fingerprint density at radius 2 is 1.57 bits per heavy atom. The Kier molecular flexibility index (Phi) is 6.18. The third-order valence-corrected chi connectivity index (χ3v) is 5.09. The number of unbranched alkanes of at least 4 members (excludes halogenated alkanes) is 1. The Bertz CT molecular complexity index is 976. The minimum atomic E-state index is -0.0580. The lowest BCUT2D eigenvalue weighted by atomic mass is 10.2. The van der Waals surface area contributed by atoms with Crippen LogP contribution in [0, 0.1) is 0 Å². The molecule has 5 heteroatoms. The van der Waals surface area contributed by atoms with Crippen molar-refractivity contribution >= 4 is 17.4 Å². The number of rotatable bonds is 7. The van der Waals surface area contributed by atoms with E-state index in [1.807, 2.05) is 71.6 Å². The molecule has 0 bridgehead atoms. The first-order valence-electron chi connectivity index (χ1n) is 10.3. The van der Waals surface area contributed by atoms with E-state index in [2.05, 4.69) is 19.1 Å². The number of urea groups is 1. The molecule has 3 aromatic carbocycles. The number of carbonyl (C=O) groups is 1. The fraction of sp³-hybridized carbons (Fsp3) is 0.240. The van der Waals surface area contributed by atoms with Crippen molar-refractivity contribution in [2.75, 3.05) is 18.2 Å². The minimum Gasteiger partial charge on any atom is -0.454 e. The molecule has 30 heavy (non-hydrogen) atoms. The molecular formula is C25H26N2O3. The molecule has 5 nitrogen and oxygen atoms in total. The lowest BCUT2D eigenvalue weighted by Crippen LogP contribution is -2.41. The van der Waals surface area contributed by atoms with Crippen LogP contribution < -0.4 is 14.4 Å². The van der Waals surface area contributed by atoms with Crippen molar-refractivity contribution in [3.63, 3.8) is 0 Å². The van der Waals surface area contributed by atoms with Crippen molar-refractivity contribution in [2.24, 2.45) is 0 Å². The average Bonchev–Trinajstić information content (AvgIpc) is 3.26. The standard InChI is InChI=1S/C25H26N2O3/c1-2-3-16-26(18-20-10-6-4-7-11-20)25(28)27(21-12-8-5-9-13-21)22-14-15-23-24(17-22)30-19-29-23/h4-15,17H,2-3,16,18-19H2,1H3. The summed E-state index contributed by atoms with van der Waals surface area (Å²) in [6, 6.07) is 25.4. The molecule has 2 amide bonds. The van der Waals surface area contributed by atoms with Gasteiger partial charge < -0.3 is 14.4 Å². The van der Waals surface area contributed by atoms with Gasteiger partial charge in [0, 0.05) is 19.2 Å². The molecule has 0 spiro atoms. The maximum absolute atomic E-state index is 13.8. The summed E-state index contributed by atoms with van der Waals surface area (Å²) < 4.78 is 11.0. The molecule has 1 heterocycles. The predicted molar refractivity (Wildman–Crippen MR) is 118 cm³/mol. The molecule has 0 fully saturated rings. The van der Waals surface area contributed by atoms with Gasteiger partial charge in [-0.05, 0) is 36.2 Å². The highest BCUT2D eigenvalue weighted by Crippen LogP contribution is 2.38. The van der Waals surface area contributed by atoms with Gasteiger partial charge in [0.1, 0.15) is 0 Å². The third-order valence-electron chi connectivity index (χ3n) is 5.09. The third kappa shape index (κ3) is 4.40. The van der Waals surface area contributed by atoms with Crippen molar-refractivity contribution in [2.45, 2.75) is 26.3 Å². The fourth-order valence-corrected chi connectivity index (χ4v) is 3.51. The van der Waals surface area contributed by atoms with Crippen LogP contribution in [0.25, 0.3) is 0 Å². The molecule has 0 N–H and O–H groups in total. The van der Waals surface area contributed by atoms with Gasteiger partial charge in [0.25, 0.3) is 0 Å². The van der Waals surface area contributed by atoms with E-state index < -0.39 is 0 Å². The molecule has 1 aliphatic rings. The highest BCUT2D eigenvalue weighted by molar-refractivity contribution is 5.99. The Hall–Kier alpha value is -3.47. The van der Waals surface area contributed by atoms with Gasteiger partial charge in [0.2, 0.25) is 6.79 Å². The number of nitrogens with zero attached hydrogens (tertiary/aromatic N) is 2. The second kappa shape index (κ2) is 9.35. The van der Waals surface area contributed by atoms with E-state index in [4.69, 9.17) is 9.47 Å². The normalized spacial score (nSPS) is 11.9. The van der Waals surface area contributed by atoms with Gasteiger partial charge >= 0.3 is 6.03 Å². The van der Waals surface area contributed by atoms with Gasteiger partial charge in [-0.1, -0.05) is 61.9 Å². The predicted octanol–water partition coefficient (Wildman–Crippen LogP) is 5.98. The molecule has 0 aliphatic carbocycles. The number of hydrogen-bond acceptors (Lipinski definition) is 3. The first kappa shape index (κ1) is 19.8. The van der Waals surface area contributed by atoms with E-state index in [-0.39, 0.29) is 12.8 Å². The lowest BCUT2D eigenvalue weighted by molar-refractivity contribution is 0.174. The van der Waals surface area contributed by atoms with Gasteiger partial charge in [0.15, 0.2) is 11.5 Å². The van der Waals surface area contributed by atoms with E-state index >= 15 is 0 Å². The monoisotopic (exact) mass is 402 g/mol. The molecule has 0 radical (unpaired) electrons. The summed E-state index contributed by atoms with van der Waals surface area (Å²) in [6.45, 7) is 3.60. The minimum absolute atomic E-state index is 0.0580. The largest absolute Gasteiger partial charge is 0.454 e. The molecular weight excluding hydrogens is 376 g/mol. The van der Waals surface area contributed by atoms with E-state index in [0.29, 0.717) is 24.6 Å². The topological polar surface area (TPSA) is 42.0 Å². The number of ether oxygens (including phenoxy) is 2. The molecule has 0 aromatic heterocycles. The van der Waals surface area contributed by atoms with Crippen LogP contribution >= 0.6 is 0 Å². The molecule has 0 unspecified atom stereocenters. The number of amides is 2. The molecule has 154 valence electrons. The van der Waals surface area contributed by atoms with Crippen molar-refractivity contribution in [3.8, 4) is 11.5 Å². The Morgan fingerprint density at radius 1 is 0.867 bits per heavy atom. The zero-order valence-electron chi connectivity index (χ0n) is 17.2. The maximum atomic E-state index is 13.8. The highest BCUT2D eigenvalue weighted by atomic mass is 16.7. The van der Waals surface area contributed by atoms with E-state index in [0.717, 1.165) is 29.8 Å². The Balaban J connectivity index is 1.69. The fourth-order valence-electron chi connectivity index (χ4n) is 3.51. The van der Waals surface area contributed by atoms with Crippen molar-refractivity contribution in [1.29, 1.82) is 0 Å². The first-order chi connectivity index (χ1) is 14.8. The highest BCUT2D eigenvalue weighted by Gasteiger charge is 2.26. The summed E-state index contributed by atoms with van der Waals surface area (Å²) >= 11 is 0. The van der Waals surface area contributed by atoms with Crippen LogP contribution in [0.3, 0.4) is 0 Å². The van der Waals surface area contributed by atoms with Gasteiger partial charge in [0.05, 0.1) is 11.4 Å². The molecule has 1 aliphatic heterocycles. The summed E-state index contributed by atoms with van der Waals surface area (Å²) in [5.74, 6) is 1.36. The Labute approximate surface area is 177 Å². The smallest absolute Gasteiger partial charge is 0.329 e. The van der Waals surface area contributed by atoms with Crippen molar-refractivity contribution < 1.29 is 14.3 Å². The Morgan fingerprint density at radius 3 is 2.30 bits per heavy atom. The van der Waals surface area contributed by atoms with Gasteiger partial charge in [-0.2, -0.15) is 0 Å². The van der Waals surface area contributed by atoms with E-state index in [1.165, 1.54) is 0 Å². The van der Waals surface area contributed by atoms with Gasteiger partial charge in [-0.25, -0.2) is 4.79 Å². The summed E-state index contributed by atoms with van der Waals surface area (Å²) in [5.41, 5.74) is 2.68. The van der Waals surface area contributed by atoms with Gasteiger partial charge in [-0.15, -0.1) is 0 Å². The zero-order chi connectivity index (χ0) is 20.8. The second-order valence-electron chi connectivity index (χ2n) is 7.25. The number of anilines is 2. The molecule has 0 saturated carbocycles. The average molecular weight is 402 g/mol. The SMILES string of the molecule is CCCCN(Cc1ccccc1)C(=O)N(c1ccccc1)c1ccc2c(c1)OCO2. The molecule has 0 saturated heterocycles. The zero-order valence-corrected chi connectivity index (χ0v) is 17.2. The van der Waals surface area contributed by atoms with Crippen LogP contribution in [-0.2, 0) is 6.54 Å². The molecule has 0 atom stereocenters.